The van der Waals surface area contributed by atoms with E-state index in [0.29, 0.717) is 12.1 Å². The molecule has 0 saturated carbocycles. The average Bonchev–Trinajstić information content (AvgIpc) is 2.47. The van der Waals surface area contributed by atoms with Crippen LogP contribution in [-0.2, 0) is 13.0 Å². The Labute approximate surface area is 110 Å². The maximum Gasteiger partial charge on any atom is 0.123 e. The molecule has 0 aliphatic carbocycles. The van der Waals surface area contributed by atoms with Crippen LogP contribution < -0.4 is 5.32 Å². The number of halogens is 1. The van der Waals surface area contributed by atoms with Gasteiger partial charge in [0.15, 0.2) is 0 Å². The van der Waals surface area contributed by atoms with Gasteiger partial charge in [-0.15, -0.1) is 0 Å². The molecule has 1 aromatic heterocycles. The summed E-state index contributed by atoms with van der Waals surface area (Å²) in [5.74, 6) is -0.275. The van der Waals surface area contributed by atoms with Crippen molar-refractivity contribution in [3.63, 3.8) is 0 Å². The highest BCUT2D eigenvalue weighted by Crippen LogP contribution is 2.30. The number of aromatic nitrogens is 1. The molecule has 3 nitrogen and oxygen atoms in total. The Balaban J connectivity index is 2.23. The summed E-state index contributed by atoms with van der Waals surface area (Å²) >= 11 is 0. The number of pyridine rings is 1. The lowest BCUT2D eigenvalue weighted by atomic mass is 9.92. The summed E-state index contributed by atoms with van der Waals surface area (Å²) in [6, 6.07) is 8.42. The van der Waals surface area contributed by atoms with E-state index in [9.17, 15) is 9.65 Å². The minimum Gasteiger partial charge on any atom is -0.312 e. The van der Waals surface area contributed by atoms with Crippen LogP contribution in [0, 0.1) is 17.1 Å². The molecule has 1 aromatic carbocycles. The topological polar surface area (TPSA) is 48.7 Å². The molecule has 0 bridgehead atoms. The zero-order chi connectivity index (χ0) is 13.2. The Morgan fingerprint density at radius 1 is 1.26 bits per heavy atom. The van der Waals surface area contributed by atoms with Crippen LogP contribution >= 0.6 is 0 Å². The third-order valence-corrected chi connectivity index (χ3v) is 3.36. The Hall–Kier alpha value is -2.25. The van der Waals surface area contributed by atoms with Crippen molar-refractivity contribution in [2.45, 2.75) is 13.0 Å². The van der Waals surface area contributed by atoms with Crippen LogP contribution in [-0.4, -0.2) is 11.5 Å². The Kier molecular flexibility index (Phi) is 2.98. The van der Waals surface area contributed by atoms with E-state index in [4.69, 9.17) is 0 Å². The number of nitrogens with one attached hydrogen (secondary N) is 1. The molecule has 0 atom stereocenters. The molecule has 0 radical (unpaired) electrons. The predicted molar refractivity (Wildman–Crippen MR) is 69.8 cm³/mol. The van der Waals surface area contributed by atoms with Crippen molar-refractivity contribution in [2.75, 3.05) is 6.54 Å². The summed E-state index contributed by atoms with van der Waals surface area (Å²) in [4.78, 5) is 4.36. The summed E-state index contributed by atoms with van der Waals surface area (Å²) in [5, 5.41) is 12.5. The number of fused-ring (bicyclic) bond motifs is 1. The maximum atomic E-state index is 13.0. The SMILES string of the molecule is N#Cc1cnc2c(c1-c1ccc(F)cc1)CNCC2. The number of rotatable bonds is 1. The first-order valence-corrected chi connectivity index (χ1v) is 6.17. The first-order chi connectivity index (χ1) is 9.29. The number of nitriles is 1. The quantitative estimate of drug-likeness (QED) is 0.849. The van der Waals surface area contributed by atoms with Crippen molar-refractivity contribution in [1.82, 2.24) is 10.3 Å². The van der Waals surface area contributed by atoms with Crippen molar-refractivity contribution < 1.29 is 4.39 Å². The van der Waals surface area contributed by atoms with Crippen LogP contribution in [0.25, 0.3) is 11.1 Å². The Bertz CT molecular complexity index is 656. The van der Waals surface area contributed by atoms with Gasteiger partial charge in [0.1, 0.15) is 11.9 Å². The highest BCUT2D eigenvalue weighted by Gasteiger charge is 2.18. The highest BCUT2D eigenvalue weighted by molar-refractivity contribution is 5.74. The van der Waals surface area contributed by atoms with Gasteiger partial charge >= 0.3 is 0 Å². The van der Waals surface area contributed by atoms with Gasteiger partial charge in [-0.1, -0.05) is 12.1 Å². The Morgan fingerprint density at radius 3 is 2.79 bits per heavy atom. The van der Waals surface area contributed by atoms with E-state index >= 15 is 0 Å². The van der Waals surface area contributed by atoms with Crippen molar-refractivity contribution in [3.05, 3.63) is 53.1 Å². The van der Waals surface area contributed by atoms with Gasteiger partial charge in [0.05, 0.1) is 5.56 Å². The molecule has 3 rings (SSSR count). The number of benzene rings is 1. The molecule has 0 unspecified atom stereocenters. The summed E-state index contributed by atoms with van der Waals surface area (Å²) in [6.45, 7) is 1.60. The molecule has 94 valence electrons. The van der Waals surface area contributed by atoms with Crippen LogP contribution in [0.4, 0.5) is 4.39 Å². The smallest absolute Gasteiger partial charge is 0.123 e. The molecular formula is C15H12FN3. The minimum atomic E-state index is -0.275. The van der Waals surface area contributed by atoms with Gasteiger partial charge in [0.25, 0.3) is 0 Å². The van der Waals surface area contributed by atoms with Gasteiger partial charge < -0.3 is 5.32 Å². The third-order valence-electron chi connectivity index (χ3n) is 3.36. The predicted octanol–water partition coefficient (Wildman–Crippen LogP) is 2.41. The second-order valence-electron chi connectivity index (χ2n) is 4.52. The number of nitrogens with zero attached hydrogens (tertiary/aromatic N) is 2. The molecule has 0 fully saturated rings. The standard InChI is InChI=1S/C15H12FN3/c16-12-3-1-10(2-4-12)15-11(7-17)8-19-14-5-6-18-9-13(14)15/h1-4,8,18H,5-6,9H2. The first kappa shape index (κ1) is 11.8. The summed E-state index contributed by atoms with van der Waals surface area (Å²) in [7, 11) is 0. The normalized spacial score (nSPS) is 13.7. The maximum absolute atomic E-state index is 13.0. The lowest BCUT2D eigenvalue weighted by molar-refractivity contribution is 0.627. The average molecular weight is 253 g/mol. The van der Waals surface area contributed by atoms with Gasteiger partial charge in [0, 0.05) is 37.0 Å². The van der Waals surface area contributed by atoms with Crippen molar-refractivity contribution >= 4 is 0 Å². The second kappa shape index (κ2) is 4.79. The molecule has 0 amide bonds. The van der Waals surface area contributed by atoms with Crippen LogP contribution in [0.5, 0.6) is 0 Å². The molecule has 0 saturated heterocycles. The Morgan fingerprint density at radius 2 is 2.05 bits per heavy atom. The summed E-state index contributed by atoms with van der Waals surface area (Å²) in [5.41, 5.74) is 4.35. The van der Waals surface area contributed by atoms with E-state index in [2.05, 4.69) is 16.4 Å². The van der Waals surface area contributed by atoms with Crippen LogP contribution in [0.15, 0.2) is 30.5 Å². The molecular weight excluding hydrogens is 241 g/mol. The first-order valence-electron chi connectivity index (χ1n) is 6.17. The van der Waals surface area contributed by atoms with Crippen molar-refractivity contribution in [2.24, 2.45) is 0 Å². The lowest BCUT2D eigenvalue weighted by Crippen LogP contribution is -2.25. The molecule has 19 heavy (non-hydrogen) atoms. The van der Waals surface area contributed by atoms with Crippen LogP contribution in [0.2, 0.25) is 0 Å². The van der Waals surface area contributed by atoms with Crippen LogP contribution in [0.1, 0.15) is 16.8 Å². The fraction of sp³-hybridized carbons (Fsp3) is 0.200. The highest BCUT2D eigenvalue weighted by atomic mass is 19.1. The lowest BCUT2D eigenvalue weighted by Gasteiger charge is -2.20. The fourth-order valence-corrected chi connectivity index (χ4v) is 2.45. The van der Waals surface area contributed by atoms with E-state index in [0.717, 1.165) is 35.3 Å². The van der Waals surface area contributed by atoms with E-state index in [1.807, 2.05) is 0 Å². The molecule has 1 N–H and O–H groups in total. The third kappa shape index (κ3) is 2.09. The fourth-order valence-electron chi connectivity index (χ4n) is 2.45. The molecule has 1 aliphatic heterocycles. The summed E-state index contributed by atoms with van der Waals surface area (Å²) < 4.78 is 13.0. The number of hydrogen-bond donors (Lipinski definition) is 1. The molecule has 2 aromatic rings. The summed E-state index contributed by atoms with van der Waals surface area (Å²) in [6.07, 6.45) is 2.47. The van der Waals surface area contributed by atoms with Gasteiger partial charge in [0.2, 0.25) is 0 Å². The van der Waals surface area contributed by atoms with E-state index in [-0.39, 0.29) is 5.82 Å². The van der Waals surface area contributed by atoms with E-state index in [1.165, 1.54) is 12.1 Å². The monoisotopic (exact) mass is 253 g/mol. The van der Waals surface area contributed by atoms with Gasteiger partial charge in [-0.2, -0.15) is 5.26 Å². The minimum absolute atomic E-state index is 0.275. The van der Waals surface area contributed by atoms with Crippen molar-refractivity contribution in [1.29, 1.82) is 5.26 Å². The molecule has 0 spiro atoms. The van der Waals surface area contributed by atoms with Gasteiger partial charge in [-0.05, 0) is 23.3 Å². The molecule has 4 heteroatoms. The largest absolute Gasteiger partial charge is 0.312 e. The number of hydrogen-bond acceptors (Lipinski definition) is 3. The van der Waals surface area contributed by atoms with E-state index in [1.54, 1.807) is 18.3 Å². The molecule has 2 heterocycles. The zero-order valence-corrected chi connectivity index (χ0v) is 10.3. The van der Waals surface area contributed by atoms with Crippen molar-refractivity contribution in [3.8, 4) is 17.2 Å². The van der Waals surface area contributed by atoms with Gasteiger partial charge in [-0.25, -0.2) is 4.39 Å². The van der Waals surface area contributed by atoms with Crippen LogP contribution in [0.3, 0.4) is 0 Å². The zero-order valence-electron chi connectivity index (χ0n) is 10.3. The van der Waals surface area contributed by atoms with E-state index < -0.39 is 0 Å². The second-order valence-corrected chi connectivity index (χ2v) is 4.52. The van der Waals surface area contributed by atoms with Gasteiger partial charge in [-0.3, -0.25) is 4.98 Å². The molecule has 1 aliphatic rings.